The number of aliphatic hydroxyl groups is 1. The maximum atomic E-state index is 13.2. The Bertz CT molecular complexity index is 1020. The van der Waals surface area contributed by atoms with Crippen molar-refractivity contribution in [2.75, 3.05) is 6.61 Å². The Morgan fingerprint density at radius 1 is 0.903 bits per heavy atom. The van der Waals surface area contributed by atoms with Crippen LogP contribution in [0.4, 0.5) is 18.0 Å². The number of ether oxygens (including phenoxy) is 1. The Morgan fingerprint density at radius 3 is 1.97 bits per heavy atom. The molecule has 2 atom stereocenters. The topological polar surface area (TPSA) is 58.6 Å². The molecule has 3 aromatic carbocycles. The molecule has 4 nitrogen and oxygen atoms in total. The van der Waals surface area contributed by atoms with Crippen molar-refractivity contribution in [1.29, 1.82) is 0 Å². The van der Waals surface area contributed by atoms with Crippen LogP contribution >= 0.6 is 0 Å². The van der Waals surface area contributed by atoms with E-state index in [0.717, 1.165) is 22.3 Å². The van der Waals surface area contributed by atoms with Crippen LogP contribution in [0, 0.1) is 0 Å². The average Bonchev–Trinajstić information content (AvgIpc) is 3.09. The third kappa shape index (κ3) is 4.27. The highest BCUT2D eigenvalue weighted by Gasteiger charge is 2.45. The van der Waals surface area contributed by atoms with E-state index in [9.17, 15) is 23.1 Å². The molecule has 0 saturated heterocycles. The first-order chi connectivity index (χ1) is 14.9. The van der Waals surface area contributed by atoms with Gasteiger partial charge in [0.25, 0.3) is 0 Å². The monoisotopic (exact) mass is 427 g/mol. The number of fused-ring (bicyclic) bond motifs is 3. The highest BCUT2D eigenvalue weighted by Crippen LogP contribution is 2.44. The summed E-state index contributed by atoms with van der Waals surface area (Å²) in [6.45, 7) is -0.0382. The highest BCUT2D eigenvalue weighted by molar-refractivity contribution is 5.79. The van der Waals surface area contributed by atoms with Crippen LogP contribution in [0.1, 0.15) is 28.7 Å². The number of alkyl carbamates (subject to hydrolysis) is 1. The molecule has 0 heterocycles. The van der Waals surface area contributed by atoms with Crippen LogP contribution in [-0.4, -0.2) is 30.1 Å². The lowest BCUT2D eigenvalue weighted by Crippen LogP contribution is -2.44. The number of halogens is 3. The number of hydrogen-bond donors (Lipinski definition) is 2. The number of nitrogens with one attached hydrogen (secondary N) is 1. The summed E-state index contributed by atoms with van der Waals surface area (Å²) in [5, 5.41) is 12.0. The van der Waals surface area contributed by atoms with Crippen molar-refractivity contribution < 1.29 is 27.8 Å². The van der Waals surface area contributed by atoms with Gasteiger partial charge in [0.05, 0.1) is 6.04 Å². The van der Waals surface area contributed by atoms with Crippen molar-refractivity contribution >= 4 is 6.09 Å². The number of hydrogen-bond acceptors (Lipinski definition) is 3. The molecule has 2 unspecified atom stereocenters. The largest absolute Gasteiger partial charge is 0.449 e. The number of carbonyl (C=O) groups is 1. The molecule has 7 heteroatoms. The molecule has 0 bridgehead atoms. The van der Waals surface area contributed by atoms with E-state index < -0.39 is 24.4 Å². The molecule has 4 rings (SSSR count). The molecular weight excluding hydrogens is 407 g/mol. The molecule has 1 aliphatic rings. The van der Waals surface area contributed by atoms with Crippen molar-refractivity contribution in [1.82, 2.24) is 5.32 Å². The molecule has 0 fully saturated rings. The van der Waals surface area contributed by atoms with Gasteiger partial charge in [0, 0.05) is 5.92 Å². The van der Waals surface area contributed by atoms with Crippen molar-refractivity contribution in [2.24, 2.45) is 0 Å². The summed E-state index contributed by atoms with van der Waals surface area (Å²) in [5.74, 6) is -0.221. The minimum Gasteiger partial charge on any atom is -0.449 e. The van der Waals surface area contributed by atoms with E-state index in [-0.39, 0.29) is 18.1 Å². The molecule has 0 radical (unpaired) electrons. The summed E-state index contributed by atoms with van der Waals surface area (Å²) in [4.78, 5) is 12.4. The van der Waals surface area contributed by atoms with Crippen LogP contribution in [0.15, 0.2) is 78.9 Å². The fraction of sp³-hybridized carbons (Fsp3) is 0.208. The SMILES string of the molecule is O=C(NC(c1ccccc1)C(O)C(F)(F)F)OCC1c2ccccc2-c2ccccc21. The van der Waals surface area contributed by atoms with Gasteiger partial charge in [-0.15, -0.1) is 0 Å². The van der Waals surface area contributed by atoms with E-state index in [1.54, 1.807) is 6.07 Å². The minimum atomic E-state index is -4.91. The fourth-order valence-corrected chi connectivity index (χ4v) is 3.96. The summed E-state index contributed by atoms with van der Waals surface area (Å²) < 4.78 is 44.8. The molecule has 0 aromatic heterocycles. The zero-order valence-electron chi connectivity index (χ0n) is 16.3. The lowest BCUT2D eigenvalue weighted by Gasteiger charge is -2.26. The number of aliphatic hydroxyl groups excluding tert-OH is 1. The molecule has 160 valence electrons. The second-order valence-corrected chi connectivity index (χ2v) is 7.34. The van der Waals surface area contributed by atoms with Gasteiger partial charge in [-0.25, -0.2) is 4.79 Å². The summed E-state index contributed by atoms with van der Waals surface area (Å²) >= 11 is 0. The number of alkyl halides is 3. The van der Waals surface area contributed by atoms with E-state index in [4.69, 9.17) is 4.74 Å². The average molecular weight is 427 g/mol. The zero-order chi connectivity index (χ0) is 22.0. The van der Waals surface area contributed by atoms with Gasteiger partial charge in [0.15, 0.2) is 6.10 Å². The lowest BCUT2D eigenvalue weighted by molar-refractivity contribution is -0.212. The number of carbonyl (C=O) groups excluding carboxylic acids is 1. The molecule has 31 heavy (non-hydrogen) atoms. The van der Waals surface area contributed by atoms with Crippen LogP contribution in [0.25, 0.3) is 11.1 Å². The Morgan fingerprint density at radius 2 is 1.42 bits per heavy atom. The van der Waals surface area contributed by atoms with Gasteiger partial charge in [-0.2, -0.15) is 13.2 Å². The third-order valence-electron chi connectivity index (χ3n) is 5.43. The summed E-state index contributed by atoms with van der Waals surface area (Å²) in [5.41, 5.74) is 4.20. The summed E-state index contributed by atoms with van der Waals surface area (Å²) in [6, 6.07) is 21.3. The lowest BCUT2D eigenvalue weighted by atomic mass is 9.98. The smallest absolute Gasteiger partial charge is 0.416 e. The summed E-state index contributed by atoms with van der Waals surface area (Å²) in [6.07, 6.45) is -8.70. The van der Waals surface area contributed by atoms with Gasteiger partial charge in [-0.1, -0.05) is 78.9 Å². The van der Waals surface area contributed by atoms with Gasteiger partial charge in [0.2, 0.25) is 0 Å². The maximum Gasteiger partial charge on any atom is 0.416 e. The molecule has 0 saturated carbocycles. The predicted octanol–water partition coefficient (Wildman–Crippen LogP) is 5.19. The van der Waals surface area contributed by atoms with Gasteiger partial charge < -0.3 is 15.2 Å². The highest BCUT2D eigenvalue weighted by atomic mass is 19.4. The molecule has 1 aliphatic carbocycles. The normalized spacial score (nSPS) is 15.0. The zero-order valence-corrected chi connectivity index (χ0v) is 16.3. The van der Waals surface area contributed by atoms with Crippen molar-refractivity contribution in [3.05, 3.63) is 95.6 Å². The van der Waals surface area contributed by atoms with Crippen LogP contribution in [0.5, 0.6) is 0 Å². The van der Waals surface area contributed by atoms with Gasteiger partial charge in [-0.05, 0) is 27.8 Å². The standard InChI is InChI=1S/C24H20F3NO3/c25-24(26,27)22(29)21(15-8-2-1-3-9-15)28-23(30)31-14-20-18-12-6-4-10-16(18)17-11-5-7-13-19(17)20/h1-13,20-22,29H,14H2,(H,28,30). The fourth-order valence-electron chi connectivity index (χ4n) is 3.96. The van der Waals surface area contributed by atoms with Crippen LogP contribution in [-0.2, 0) is 4.74 Å². The van der Waals surface area contributed by atoms with E-state index >= 15 is 0 Å². The van der Waals surface area contributed by atoms with E-state index in [1.807, 2.05) is 48.5 Å². The van der Waals surface area contributed by atoms with Crippen molar-refractivity contribution in [3.8, 4) is 11.1 Å². The quantitative estimate of drug-likeness (QED) is 0.589. The molecule has 2 N–H and O–H groups in total. The molecule has 1 amide bonds. The predicted molar refractivity (Wildman–Crippen MR) is 109 cm³/mol. The molecule has 0 spiro atoms. The number of benzene rings is 3. The minimum absolute atomic E-state index is 0.0382. The van der Waals surface area contributed by atoms with Crippen LogP contribution in [0.3, 0.4) is 0 Å². The molecule has 0 aliphatic heterocycles. The first kappa shape index (κ1) is 20.9. The summed E-state index contributed by atoms with van der Waals surface area (Å²) in [7, 11) is 0. The van der Waals surface area contributed by atoms with Gasteiger partial charge in [0.1, 0.15) is 6.61 Å². The first-order valence-corrected chi connectivity index (χ1v) is 9.77. The van der Waals surface area contributed by atoms with Crippen LogP contribution in [0.2, 0.25) is 0 Å². The Kier molecular flexibility index (Phi) is 5.69. The van der Waals surface area contributed by atoms with Gasteiger partial charge in [-0.3, -0.25) is 0 Å². The Balaban J connectivity index is 1.51. The third-order valence-corrected chi connectivity index (χ3v) is 5.43. The molecule has 3 aromatic rings. The maximum absolute atomic E-state index is 13.2. The first-order valence-electron chi connectivity index (χ1n) is 9.77. The van der Waals surface area contributed by atoms with E-state index in [2.05, 4.69) is 5.32 Å². The Hall–Kier alpha value is -3.32. The van der Waals surface area contributed by atoms with Crippen molar-refractivity contribution in [3.63, 3.8) is 0 Å². The number of amides is 1. The van der Waals surface area contributed by atoms with Crippen LogP contribution < -0.4 is 5.32 Å². The second kappa shape index (κ2) is 8.43. The Labute approximate surface area is 177 Å². The second-order valence-electron chi connectivity index (χ2n) is 7.34. The number of rotatable bonds is 5. The van der Waals surface area contributed by atoms with E-state index in [0.29, 0.717) is 0 Å². The van der Waals surface area contributed by atoms with Crippen molar-refractivity contribution in [2.45, 2.75) is 24.2 Å². The molecular formula is C24H20F3NO3. The van der Waals surface area contributed by atoms with Gasteiger partial charge >= 0.3 is 12.3 Å². The van der Waals surface area contributed by atoms with E-state index in [1.165, 1.54) is 24.3 Å².